The van der Waals surface area contributed by atoms with Gasteiger partial charge in [-0.05, 0) is 45.0 Å². The minimum absolute atomic E-state index is 0.0451. The Balaban J connectivity index is 2.21. The highest BCUT2D eigenvalue weighted by molar-refractivity contribution is 7.98. The highest BCUT2D eigenvalue weighted by Gasteiger charge is 2.21. The van der Waals surface area contributed by atoms with E-state index in [2.05, 4.69) is 34.0 Å². The van der Waals surface area contributed by atoms with Crippen LogP contribution in [0, 0.1) is 6.92 Å². The average molecular weight is 403 g/mol. The number of ether oxygens (including phenoxy) is 1. The van der Waals surface area contributed by atoms with Gasteiger partial charge in [-0.15, -0.1) is 11.8 Å². The van der Waals surface area contributed by atoms with E-state index >= 15 is 0 Å². The molecular weight excluding hydrogens is 372 g/mol. The molecule has 1 heterocycles. The lowest BCUT2D eigenvalue weighted by molar-refractivity contribution is 0.0937. The van der Waals surface area contributed by atoms with Gasteiger partial charge in [-0.3, -0.25) is 4.79 Å². The summed E-state index contributed by atoms with van der Waals surface area (Å²) >= 11 is 1.47. The molecule has 0 bridgehead atoms. The first-order chi connectivity index (χ1) is 13.3. The highest BCUT2D eigenvalue weighted by atomic mass is 32.2. The second-order valence-corrected chi connectivity index (χ2v) is 7.96. The number of carbonyl (C=O) groups is 1. The van der Waals surface area contributed by atoms with Gasteiger partial charge in [0, 0.05) is 12.5 Å². The van der Waals surface area contributed by atoms with Crippen LogP contribution in [0.1, 0.15) is 53.2 Å². The van der Waals surface area contributed by atoms with Crippen LogP contribution in [0.3, 0.4) is 0 Å². The molecule has 0 fully saturated rings. The van der Waals surface area contributed by atoms with Gasteiger partial charge in [0.15, 0.2) is 0 Å². The maximum atomic E-state index is 12.9. The summed E-state index contributed by atoms with van der Waals surface area (Å²) in [6.07, 6.45) is 1.93. The number of carbonyl (C=O) groups excluding carboxylic acids is 1. The molecule has 6 nitrogen and oxygen atoms in total. The molecule has 2 rings (SSSR count). The van der Waals surface area contributed by atoms with E-state index in [0.29, 0.717) is 17.8 Å². The zero-order valence-electron chi connectivity index (χ0n) is 17.7. The van der Waals surface area contributed by atoms with Gasteiger partial charge in [-0.2, -0.15) is 0 Å². The molecule has 1 unspecified atom stereocenters. The second-order valence-electron chi connectivity index (χ2n) is 7.17. The minimum Gasteiger partial charge on any atom is -0.497 e. The fraction of sp³-hybridized carbons (Fsp3) is 0.476. The van der Waals surface area contributed by atoms with Crippen LogP contribution < -0.4 is 10.1 Å². The van der Waals surface area contributed by atoms with Gasteiger partial charge in [-0.1, -0.05) is 26.0 Å². The molecule has 0 aliphatic rings. The summed E-state index contributed by atoms with van der Waals surface area (Å²) < 4.78 is 5.23. The van der Waals surface area contributed by atoms with Crippen molar-refractivity contribution in [3.8, 4) is 5.75 Å². The zero-order chi connectivity index (χ0) is 20.8. The Morgan fingerprint density at radius 3 is 2.36 bits per heavy atom. The molecule has 152 valence electrons. The van der Waals surface area contributed by atoms with Crippen LogP contribution in [0.25, 0.3) is 0 Å². The summed E-state index contributed by atoms with van der Waals surface area (Å²) in [5.74, 6) is 1.66. The molecule has 0 saturated carbocycles. The number of rotatable bonds is 8. The van der Waals surface area contributed by atoms with E-state index in [0.717, 1.165) is 22.2 Å². The number of nitrogens with one attached hydrogen (secondary N) is 1. The molecule has 1 aromatic heterocycles. The van der Waals surface area contributed by atoms with Crippen molar-refractivity contribution in [2.75, 3.05) is 34.0 Å². The highest BCUT2D eigenvalue weighted by Crippen LogP contribution is 2.24. The Bertz CT molecular complexity index is 807. The van der Waals surface area contributed by atoms with Crippen LogP contribution in [0.2, 0.25) is 0 Å². The maximum absolute atomic E-state index is 12.9. The van der Waals surface area contributed by atoms with Gasteiger partial charge in [0.05, 0.1) is 24.4 Å². The monoisotopic (exact) mass is 402 g/mol. The number of amides is 1. The number of benzene rings is 1. The third kappa shape index (κ3) is 5.23. The molecule has 1 atom stereocenters. The molecule has 7 heteroatoms. The molecule has 0 aliphatic carbocycles. The first-order valence-electron chi connectivity index (χ1n) is 9.29. The quantitative estimate of drug-likeness (QED) is 0.537. The van der Waals surface area contributed by atoms with Crippen LogP contribution in [0.4, 0.5) is 0 Å². The van der Waals surface area contributed by atoms with Crippen molar-refractivity contribution in [3.63, 3.8) is 0 Å². The second kappa shape index (κ2) is 9.89. The van der Waals surface area contributed by atoms with Gasteiger partial charge >= 0.3 is 0 Å². The minimum atomic E-state index is -0.141. The smallest absolute Gasteiger partial charge is 0.255 e. The van der Waals surface area contributed by atoms with Crippen molar-refractivity contribution >= 4 is 17.7 Å². The van der Waals surface area contributed by atoms with Crippen LogP contribution in [0.15, 0.2) is 29.3 Å². The summed E-state index contributed by atoms with van der Waals surface area (Å²) in [6.45, 7) is 6.46. The van der Waals surface area contributed by atoms with E-state index < -0.39 is 0 Å². The zero-order valence-corrected chi connectivity index (χ0v) is 18.6. The maximum Gasteiger partial charge on any atom is 0.255 e. The first kappa shape index (κ1) is 22.2. The standard InChI is InChI=1S/C21H30N4O2S/c1-13(2)19-23-14(3)18(21(24-19)28-7)20(26)22-12-17(25(4)5)15-8-10-16(27-6)11-9-15/h8-11,13,17H,12H2,1-7H3,(H,22,26). The van der Waals surface area contributed by atoms with Crippen molar-refractivity contribution in [1.29, 1.82) is 0 Å². The Kier molecular flexibility index (Phi) is 7.83. The lowest BCUT2D eigenvalue weighted by Gasteiger charge is -2.25. The summed E-state index contributed by atoms with van der Waals surface area (Å²) in [5.41, 5.74) is 2.38. The molecule has 0 aliphatic heterocycles. The van der Waals surface area contributed by atoms with Crippen LogP contribution in [-0.4, -0.2) is 54.8 Å². The van der Waals surface area contributed by atoms with Gasteiger partial charge in [0.1, 0.15) is 16.6 Å². The predicted octanol–water partition coefficient (Wildman–Crippen LogP) is 3.67. The first-order valence-corrected chi connectivity index (χ1v) is 10.5. The van der Waals surface area contributed by atoms with E-state index in [4.69, 9.17) is 4.74 Å². The largest absolute Gasteiger partial charge is 0.497 e. The average Bonchev–Trinajstić information content (AvgIpc) is 2.67. The van der Waals surface area contributed by atoms with Gasteiger partial charge < -0.3 is 15.0 Å². The van der Waals surface area contributed by atoms with E-state index in [1.54, 1.807) is 7.11 Å². The number of aryl methyl sites for hydroxylation is 1. The fourth-order valence-electron chi connectivity index (χ4n) is 2.94. The van der Waals surface area contributed by atoms with E-state index in [1.807, 2.05) is 51.5 Å². The molecule has 0 spiro atoms. The van der Waals surface area contributed by atoms with E-state index in [9.17, 15) is 4.79 Å². The van der Waals surface area contributed by atoms with Crippen LogP contribution in [0.5, 0.6) is 5.75 Å². The number of hydrogen-bond acceptors (Lipinski definition) is 6. The number of hydrogen-bond donors (Lipinski definition) is 1. The number of nitrogens with zero attached hydrogens (tertiary/aromatic N) is 3. The fourth-order valence-corrected chi connectivity index (χ4v) is 3.57. The summed E-state index contributed by atoms with van der Waals surface area (Å²) in [6, 6.07) is 7.96. The Morgan fingerprint density at radius 1 is 1.21 bits per heavy atom. The number of likely N-dealkylation sites (N-methyl/N-ethyl adjacent to an activating group) is 1. The van der Waals surface area contributed by atoms with Crippen molar-refractivity contribution in [1.82, 2.24) is 20.2 Å². The van der Waals surface area contributed by atoms with Gasteiger partial charge in [0.2, 0.25) is 0 Å². The predicted molar refractivity (Wildman–Crippen MR) is 114 cm³/mol. The summed E-state index contributed by atoms with van der Waals surface area (Å²) in [7, 11) is 5.65. The van der Waals surface area contributed by atoms with E-state index in [1.165, 1.54) is 11.8 Å². The molecule has 1 aromatic carbocycles. The molecule has 0 radical (unpaired) electrons. The van der Waals surface area contributed by atoms with Crippen LogP contribution in [-0.2, 0) is 0 Å². The normalized spacial score (nSPS) is 12.3. The Morgan fingerprint density at radius 2 is 1.86 bits per heavy atom. The molecule has 1 N–H and O–H groups in total. The molecule has 28 heavy (non-hydrogen) atoms. The Hall–Kier alpha value is -2.12. The topological polar surface area (TPSA) is 67.3 Å². The van der Waals surface area contributed by atoms with Gasteiger partial charge in [-0.25, -0.2) is 9.97 Å². The molecule has 2 aromatic rings. The van der Waals surface area contributed by atoms with E-state index in [-0.39, 0.29) is 17.9 Å². The number of thioether (sulfide) groups is 1. The summed E-state index contributed by atoms with van der Waals surface area (Å²) in [4.78, 5) is 24.1. The van der Waals surface area contributed by atoms with Crippen molar-refractivity contribution in [2.24, 2.45) is 0 Å². The van der Waals surface area contributed by atoms with Crippen molar-refractivity contribution in [3.05, 3.63) is 46.9 Å². The Labute approximate surface area is 172 Å². The number of methoxy groups -OCH3 is 1. The lowest BCUT2D eigenvalue weighted by atomic mass is 10.1. The molecule has 1 amide bonds. The SMILES string of the molecule is COc1ccc(C(CNC(=O)c2c(C)nc(C(C)C)nc2SC)N(C)C)cc1. The third-order valence-corrected chi connectivity index (χ3v) is 5.27. The lowest BCUT2D eigenvalue weighted by Crippen LogP contribution is -2.35. The third-order valence-electron chi connectivity index (χ3n) is 4.59. The van der Waals surface area contributed by atoms with Crippen molar-refractivity contribution < 1.29 is 9.53 Å². The molecule has 0 saturated heterocycles. The van der Waals surface area contributed by atoms with Crippen molar-refractivity contribution in [2.45, 2.75) is 37.8 Å². The summed E-state index contributed by atoms with van der Waals surface area (Å²) in [5, 5.41) is 3.79. The number of aromatic nitrogens is 2. The molecular formula is C21H30N4O2S. The van der Waals surface area contributed by atoms with Gasteiger partial charge in [0.25, 0.3) is 5.91 Å². The van der Waals surface area contributed by atoms with Crippen LogP contribution >= 0.6 is 11.8 Å².